The number of carbonyl (C=O) groups is 1. The van der Waals surface area contributed by atoms with Crippen LogP contribution in [0.5, 0.6) is 0 Å². The Labute approximate surface area is 139 Å². The Hall–Kier alpha value is -2.38. The molecule has 0 saturated heterocycles. The SMILES string of the molecule is CC(C(N)=O)n1c(=O)[nH]c2scc(-c3ccc(Cl)cc3)c2c1=O. The summed E-state index contributed by atoms with van der Waals surface area (Å²) in [6.07, 6.45) is 0. The second-order valence-electron chi connectivity index (χ2n) is 5.04. The molecule has 0 aliphatic rings. The number of hydrogen-bond donors (Lipinski definition) is 2. The Kier molecular flexibility index (Phi) is 3.83. The van der Waals surface area contributed by atoms with Gasteiger partial charge in [-0.15, -0.1) is 11.3 Å². The summed E-state index contributed by atoms with van der Waals surface area (Å²) in [6.45, 7) is 1.42. The summed E-state index contributed by atoms with van der Waals surface area (Å²) in [5, 5.41) is 2.72. The van der Waals surface area contributed by atoms with Crippen molar-refractivity contribution in [2.75, 3.05) is 0 Å². The first-order valence-corrected chi connectivity index (χ1v) is 7.97. The summed E-state index contributed by atoms with van der Waals surface area (Å²) < 4.78 is 0.844. The average molecular weight is 350 g/mol. The van der Waals surface area contributed by atoms with Gasteiger partial charge in [0.05, 0.1) is 5.39 Å². The number of primary amides is 1. The van der Waals surface area contributed by atoms with Crippen molar-refractivity contribution in [2.24, 2.45) is 5.73 Å². The maximum absolute atomic E-state index is 12.7. The topological polar surface area (TPSA) is 97.9 Å². The molecule has 0 spiro atoms. The Morgan fingerprint density at radius 2 is 1.96 bits per heavy atom. The number of nitrogens with two attached hydrogens (primary N) is 1. The van der Waals surface area contributed by atoms with Gasteiger partial charge in [0.15, 0.2) is 0 Å². The number of nitrogens with zero attached hydrogens (tertiary/aromatic N) is 1. The third kappa shape index (κ3) is 2.58. The molecule has 0 aliphatic carbocycles. The molecule has 0 radical (unpaired) electrons. The molecule has 118 valence electrons. The van der Waals surface area contributed by atoms with Crippen molar-refractivity contribution in [1.82, 2.24) is 9.55 Å². The lowest BCUT2D eigenvalue weighted by atomic mass is 10.1. The fraction of sp³-hybridized carbons (Fsp3) is 0.133. The van der Waals surface area contributed by atoms with Gasteiger partial charge in [-0.05, 0) is 24.6 Å². The summed E-state index contributed by atoms with van der Waals surface area (Å²) in [5.74, 6) is -0.750. The molecule has 2 aromatic heterocycles. The van der Waals surface area contributed by atoms with E-state index >= 15 is 0 Å². The van der Waals surface area contributed by atoms with E-state index in [1.807, 2.05) is 0 Å². The summed E-state index contributed by atoms with van der Waals surface area (Å²) in [6, 6.07) is 5.98. The number of fused-ring (bicyclic) bond motifs is 1. The molecular formula is C15H12ClN3O3S. The van der Waals surface area contributed by atoms with Gasteiger partial charge in [-0.25, -0.2) is 9.36 Å². The summed E-state index contributed by atoms with van der Waals surface area (Å²) in [5.41, 5.74) is 5.50. The monoisotopic (exact) mass is 349 g/mol. The Morgan fingerprint density at radius 3 is 2.57 bits per heavy atom. The van der Waals surface area contributed by atoms with E-state index in [9.17, 15) is 14.4 Å². The number of carbonyl (C=O) groups excluding carboxylic acids is 1. The van der Waals surface area contributed by atoms with Crippen LogP contribution in [0.25, 0.3) is 21.3 Å². The maximum Gasteiger partial charge on any atom is 0.330 e. The lowest BCUT2D eigenvalue weighted by Crippen LogP contribution is -2.41. The number of aromatic amines is 1. The molecule has 8 heteroatoms. The molecule has 2 heterocycles. The lowest BCUT2D eigenvalue weighted by molar-refractivity contribution is -0.120. The van der Waals surface area contributed by atoms with Crippen LogP contribution in [0.15, 0.2) is 39.2 Å². The standard InChI is InChI=1S/C15H12ClN3O3S/c1-7(12(17)20)19-14(21)11-10(6-23-13(11)18-15(19)22)8-2-4-9(16)5-3-8/h2-7H,1H3,(H2,17,20)(H,18,22). The molecule has 3 N–H and O–H groups in total. The number of aromatic nitrogens is 2. The number of thiophene rings is 1. The van der Waals surface area contributed by atoms with Crippen molar-refractivity contribution in [3.8, 4) is 11.1 Å². The highest BCUT2D eigenvalue weighted by Gasteiger charge is 2.20. The number of rotatable bonds is 3. The van der Waals surface area contributed by atoms with Crippen LogP contribution in [0, 0.1) is 0 Å². The molecule has 1 atom stereocenters. The first kappa shape index (κ1) is 15.5. The quantitative estimate of drug-likeness (QED) is 0.757. The number of hydrogen-bond acceptors (Lipinski definition) is 4. The normalized spacial score (nSPS) is 12.4. The van der Waals surface area contributed by atoms with Crippen LogP contribution in [0.2, 0.25) is 5.02 Å². The van der Waals surface area contributed by atoms with Crippen LogP contribution < -0.4 is 17.0 Å². The molecule has 1 unspecified atom stereocenters. The molecule has 1 amide bonds. The number of halogens is 1. The van der Waals surface area contributed by atoms with Crippen LogP contribution in [-0.4, -0.2) is 15.5 Å². The van der Waals surface area contributed by atoms with E-state index in [1.54, 1.807) is 29.6 Å². The highest BCUT2D eigenvalue weighted by atomic mass is 35.5. The zero-order valence-corrected chi connectivity index (χ0v) is 13.6. The highest BCUT2D eigenvalue weighted by molar-refractivity contribution is 7.17. The van der Waals surface area contributed by atoms with E-state index < -0.39 is 23.2 Å². The number of amides is 1. The molecule has 3 rings (SSSR count). The number of nitrogens with one attached hydrogen (secondary N) is 1. The van der Waals surface area contributed by atoms with E-state index in [4.69, 9.17) is 17.3 Å². The fourth-order valence-electron chi connectivity index (χ4n) is 2.35. The molecule has 0 aliphatic heterocycles. The van der Waals surface area contributed by atoms with Gasteiger partial charge in [0.1, 0.15) is 10.9 Å². The largest absolute Gasteiger partial charge is 0.368 e. The van der Waals surface area contributed by atoms with Gasteiger partial charge in [0.2, 0.25) is 5.91 Å². The van der Waals surface area contributed by atoms with Crippen molar-refractivity contribution < 1.29 is 4.79 Å². The number of H-pyrrole nitrogens is 1. The minimum absolute atomic E-state index is 0.352. The third-order valence-electron chi connectivity index (χ3n) is 3.62. The molecule has 0 fully saturated rings. The smallest absolute Gasteiger partial charge is 0.330 e. The average Bonchev–Trinajstić information content (AvgIpc) is 2.91. The van der Waals surface area contributed by atoms with Gasteiger partial charge >= 0.3 is 5.69 Å². The van der Waals surface area contributed by atoms with Crippen molar-refractivity contribution >= 4 is 39.1 Å². The molecule has 1 aromatic carbocycles. The zero-order valence-electron chi connectivity index (χ0n) is 12.0. The molecule has 3 aromatic rings. The van der Waals surface area contributed by atoms with E-state index in [0.717, 1.165) is 10.1 Å². The summed E-state index contributed by atoms with van der Waals surface area (Å²) >= 11 is 7.13. The van der Waals surface area contributed by atoms with Crippen molar-refractivity contribution in [3.63, 3.8) is 0 Å². The van der Waals surface area contributed by atoms with Crippen LogP contribution in [0.4, 0.5) is 0 Å². The molecule has 6 nitrogen and oxygen atoms in total. The maximum atomic E-state index is 12.7. The summed E-state index contributed by atoms with van der Waals surface area (Å²) in [4.78, 5) is 39.3. The molecular weight excluding hydrogens is 338 g/mol. The minimum atomic E-state index is -1.03. The molecule has 0 bridgehead atoms. The zero-order chi connectivity index (χ0) is 16.7. The summed E-state index contributed by atoms with van der Waals surface area (Å²) in [7, 11) is 0. The van der Waals surface area contributed by atoms with E-state index in [-0.39, 0.29) is 0 Å². The van der Waals surface area contributed by atoms with Crippen LogP contribution in [0.3, 0.4) is 0 Å². The van der Waals surface area contributed by atoms with Gasteiger partial charge < -0.3 is 5.73 Å². The first-order valence-electron chi connectivity index (χ1n) is 6.71. The van der Waals surface area contributed by atoms with E-state index in [2.05, 4.69) is 4.98 Å². The Balaban J connectivity index is 2.33. The van der Waals surface area contributed by atoms with Crippen LogP contribution >= 0.6 is 22.9 Å². The molecule has 23 heavy (non-hydrogen) atoms. The molecule has 0 saturated carbocycles. The third-order valence-corrected chi connectivity index (χ3v) is 4.76. The Bertz CT molecular complexity index is 1020. The predicted molar refractivity (Wildman–Crippen MR) is 91.1 cm³/mol. The van der Waals surface area contributed by atoms with Crippen molar-refractivity contribution in [3.05, 3.63) is 55.5 Å². The van der Waals surface area contributed by atoms with E-state index in [1.165, 1.54) is 18.3 Å². The first-order chi connectivity index (χ1) is 10.9. The van der Waals surface area contributed by atoms with Gasteiger partial charge in [-0.1, -0.05) is 23.7 Å². The van der Waals surface area contributed by atoms with Crippen molar-refractivity contribution in [1.29, 1.82) is 0 Å². The van der Waals surface area contributed by atoms with Gasteiger partial charge in [0.25, 0.3) is 5.56 Å². The minimum Gasteiger partial charge on any atom is -0.368 e. The second kappa shape index (κ2) is 5.68. The van der Waals surface area contributed by atoms with Gasteiger partial charge in [0, 0.05) is 16.0 Å². The van der Waals surface area contributed by atoms with E-state index in [0.29, 0.717) is 20.8 Å². The fourth-order valence-corrected chi connectivity index (χ4v) is 3.43. The van der Waals surface area contributed by atoms with Crippen molar-refractivity contribution in [2.45, 2.75) is 13.0 Å². The van der Waals surface area contributed by atoms with Gasteiger partial charge in [-0.2, -0.15) is 0 Å². The Morgan fingerprint density at radius 1 is 1.30 bits per heavy atom. The van der Waals surface area contributed by atoms with Gasteiger partial charge in [-0.3, -0.25) is 14.6 Å². The lowest BCUT2D eigenvalue weighted by Gasteiger charge is -2.10. The van der Waals surface area contributed by atoms with Crippen LogP contribution in [0.1, 0.15) is 13.0 Å². The van der Waals surface area contributed by atoms with Crippen LogP contribution in [-0.2, 0) is 4.79 Å². The second-order valence-corrected chi connectivity index (χ2v) is 6.36. The predicted octanol–water partition coefficient (Wildman–Crippen LogP) is 2.12. The number of benzene rings is 1. The highest BCUT2D eigenvalue weighted by Crippen LogP contribution is 2.31.